The zero-order chi connectivity index (χ0) is 14.8. The van der Waals surface area contributed by atoms with Gasteiger partial charge in [0.05, 0.1) is 10.7 Å². The Morgan fingerprint density at radius 3 is 2.43 bits per heavy atom. The second-order valence-corrected chi connectivity index (χ2v) is 6.02. The maximum atomic E-state index is 12.3. The normalized spacial score (nSPS) is 15.3. The summed E-state index contributed by atoms with van der Waals surface area (Å²) in [5, 5.41) is 0.743. The minimum Gasteiger partial charge on any atom is -0.444 e. The van der Waals surface area contributed by atoms with Crippen molar-refractivity contribution in [2.45, 2.75) is 0 Å². The Kier molecular flexibility index (Phi) is 4.22. The molecule has 0 unspecified atom stereocenters. The van der Waals surface area contributed by atoms with E-state index in [4.69, 9.17) is 16.0 Å². The van der Waals surface area contributed by atoms with Gasteiger partial charge in [-0.25, -0.2) is 0 Å². The van der Waals surface area contributed by atoms with Gasteiger partial charge in [0, 0.05) is 26.2 Å². The summed E-state index contributed by atoms with van der Waals surface area (Å²) in [5.74, 6) is 0.299. The lowest BCUT2D eigenvalue weighted by Crippen LogP contribution is -2.48. The van der Waals surface area contributed by atoms with Crippen molar-refractivity contribution in [2.24, 2.45) is 0 Å². The van der Waals surface area contributed by atoms with Crippen LogP contribution in [-0.2, 0) is 0 Å². The van der Waals surface area contributed by atoms with Crippen LogP contribution < -0.4 is 4.90 Å². The van der Waals surface area contributed by atoms with Crippen molar-refractivity contribution in [2.75, 3.05) is 31.1 Å². The Morgan fingerprint density at radius 1 is 1.10 bits per heavy atom. The summed E-state index contributed by atoms with van der Waals surface area (Å²) < 4.78 is 5.89. The third kappa shape index (κ3) is 3.09. The summed E-state index contributed by atoms with van der Waals surface area (Å²) in [6, 6.07) is 11.2. The molecule has 0 radical (unpaired) electrons. The molecule has 21 heavy (non-hydrogen) atoms. The number of carbonyl (C=O) groups is 1. The maximum Gasteiger partial charge on any atom is 0.289 e. The van der Waals surface area contributed by atoms with Crippen molar-refractivity contribution >= 4 is 39.1 Å². The lowest BCUT2D eigenvalue weighted by Gasteiger charge is -2.36. The van der Waals surface area contributed by atoms with E-state index in [-0.39, 0.29) is 5.91 Å². The van der Waals surface area contributed by atoms with Crippen LogP contribution in [-0.4, -0.2) is 37.0 Å². The fraction of sp³-hybridized carbons (Fsp3) is 0.267. The van der Waals surface area contributed by atoms with Crippen molar-refractivity contribution in [3.05, 3.63) is 51.9 Å². The molecular weight excluding hydrogens is 356 g/mol. The van der Waals surface area contributed by atoms with E-state index in [1.165, 1.54) is 0 Å². The molecular formula is C15H14BrClN2O2. The van der Waals surface area contributed by atoms with Gasteiger partial charge in [-0.05, 0) is 40.2 Å². The summed E-state index contributed by atoms with van der Waals surface area (Å²) in [7, 11) is 0. The molecule has 1 aromatic heterocycles. The van der Waals surface area contributed by atoms with Crippen LogP contribution in [0.2, 0.25) is 5.02 Å². The third-order valence-electron chi connectivity index (χ3n) is 3.54. The van der Waals surface area contributed by atoms with Gasteiger partial charge in [-0.3, -0.25) is 4.79 Å². The summed E-state index contributed by atoms with van der Waals surface area (Å²) >= 11 is 9.42. The largest absolute Gasteiger partial charge is 0.444 e. The minimum absolute atomic E-state index is 0.0699. The number of halogens is 2. The zero-order valence-corrected chi connectivity index (χ0v) is 13.6. The zero-order valence-electron chi connectivity index (χ0n) is 11.3. The standard InChI is InChI=1S/C15H14BrClN2O2/c16-14-6-5-13(21-14)15(20)19-9-7-18(8-10-19)12-4-2-1-3-11(12)17/h1-6H,7-10H2. The fourth-order valence-electron chi connectivity index (χ4n) is 2.44. The summed E-state index contributed by atoms with van der Waals surface area (Å²) in [6.07, 6.45) is 0. The Labute approximate surface area is 136 Å². The molecule has 0 N–H and O–H groups in total. The lowest BCUT2D eigenvalue weighted by atomic mass is 10.2. The molecule has 1 aliphatic rings. The monoisotopic (exact) mass is 368 g/mol. The number of benzene rings is 1. The van der Waals surface area contributed by atoms with Crippen molar-refractivity contribution < 1.29 is 9.21 Å². The van der Waals surface area contributed by atoms with Crippen molar-refractivity contribution in [3.63, 3.8) is 0 Å². The Balaban J connectivity index is 1.65. The summed E-state index contributed by atoms with van der Waals surface area (Å²) in [6.45, 7) is 2.83. The second kappa shape index (κ2) is 6.12. The number of para-hydroxylation sites is 1. The number of furan rings is 1. The van der Waals surface area contributed by atoms with Gasteiger partial charge in [0.2, 0.25) is 0 Å². The molecule has 2 aromatic rings. The molecule has 1 aromatic carbocycles. The fourth-order valence-corrected chi connectivity index (χ4v) is 3.01. The summed E-state index contributed by atoms with van der Waals surface area (Å²) in [5.41, 5.74) is 1.02. The van der Waals surface area contributed by atoms with Crippen molar-refractivity contribution in [1.82, 2.24) is 4.90 Å². The van der Waals surface area contributed by atoms with E-state index in [1.807, 2.05) is 24.3 Å². The van der Waals surface area contributed by atoms with E-state index in [9.17, 15) is 4.79 Å². The first-order valence-electron chi connectivity index (χ1n) is 6.69. The number of rotatable bonds is 2. The number of piperazine rings is 1. The number of hydrogen-bond donors (Lipinski definition) is 0. The molecule has 1 amide bonds. The van der Waals surface area contributed by atoms with Crippen LogP contribution in [0.15, 0.2) is 45.5 Å². The Bertz CT molecular complexity index is 651. The smallest absolute Gasteiger partial charge is 0.289 e. The molecule has 0 bridgehead atoms. The molecule has 3 rings (SSSR count). The van der Waals surface area contributed by atoms with Crippen LogP contribution in [0.4, 0.5) is 5.69 Å². The van der Waals surface area contributed by atoms with E-state index in [0.29, 0.717) is 23.5 Å². The number of amides is 1. The molecule has 0 spiro atoms. The first-order valence-corrected chi connectivity index (χ1v) is 7.86. The molecule has 1 fully saturated rings. The second-order valence-electron chi connectivity index (χ2n) is 4.83. The van der Waals surface area contributed by atoms with Crippen LogP contribution in [0, 0.1) is 0 Å². The Hall–Kier alpha value is -1.46. The number of anilines is 1. The van der Waals surface area contributed by atoms with Crippen molar-refractivity contribution in [1.29, 1.82) is 0 Å². The highest BCUT2D eigenvalue weighted by Crippen LogP contribution is 2.26. The van der Waals surface area contributed by atoms with Gasteiger partial charge in [-0.1, -0.05) is 23.7 Å². The van der Waals surface area contributed by atoms with Crippen LogP contribution >= 0.6 is 27.5 Å². The average Bonchev–Trinajstić information content (AvgIpc) is 2.94. The van der Waals surface area contributed by atoms with Gasteiger partial charge < -0.3 is 14.2 Å². The van der Waals surface area contributed by atoms with Gasteiger partial charge in [-0.2, -0.15) is 0 Å². The molecule has 0 aliphatic carbocycles. The highest BCUT2D eigenvalue weighted by molar-refractivity contribution is 9.10. The van der Waals surface area contributed by atoms with Crippen LogP contribution in [0.1, 0.15) is 10.6 Å². The topological polar surface area (TPSA) is 36.7 Å². The minimum atomic E-state index is -0.0699. The third-order valence-corrected chi connectivity index (χ3v) is 4.29. The predicted molar refractivity (Wildman–Crippen MR) is 86.0 cm³/mol. The first-order chi connectivity index (χ1) is 10.1. The number of hydrogen-bond acceptors (Lipinski definition) is 3. The van der Waals surface area contributed by atoms with Gasteiger partial charge in [0.1, 0.15) is 0 Å². The quantitative estimate of drug-likeness (QED) is 0.810. The van der Waals surface area contributed by atoms with Gasteiger partial charge >= 0.3 is 0 Å². The highest BCUT2D eigenvalue weighted by Gasteiger charge is 2.24. The molecule has 1 aliphatic heterocycles. The van der Waals surface area contributed by atoms with E-state index in [1.54, 1.807) is 17.0 Å². The predicted octanol–water partition coefficient (Wildman–Crippen LogP) is 3.66. The van der Waals surface area contributed by atoms with Crippen LogP contribution in [0.5, 0.6) is 0 Å². The van der Waals surface area contributed by atoms with Crippen LogP contribution in [0.3, 0.4) is 0 Å². The summed E-state index contributed by atoms with van der Waals surface area (Å²) in [4.78, 5) is 16.3. The number of carbonyl (C=O) groups excluding carboxylic acids is 1. The van der Waals surface area contributed by atoms with Crippen molar-refractivity contribution in [3.8, 4) is 0 Å². The molecule has 0 saturated carbocycles. The lowest BCUT2D eigenvalue weighted by molar-refractivity contribution is 0.0713. The Morgan fingerprint density at radius 2 is 1.81 bits per heavy atom. The molecule has 6 heteroatoms. The molecule has 4 nitrogen and oxygen atoms in total. The van der Waals surface area contributed by atoms with Gasteiger partial charge in [-0.15, -0.1) is 0 Å². The first kappa shape index (κ1) is 14.5. The SMILES string of the molecule is O=C(c1ccc(Br)o1)N1CCN(c2ccccc2Cl)CC1. The molecule has 2 heterocycles. The highest BCUT2D eigenvalue weighted by atomic mass is 79.9. The number of nitrogens with zero attached hydrogens (tertiary/aromatic N) is 2. The maximum absolute atomic E-state index is 12.3. The van der Waals surface area contributed by atoms with Gasteiger partial charge in [0.15, 0.2) is 10.4 Å². The van der Waals surface area contributed by atoms with Gasteiger partial charge in [0.25, 0.3) is 5.91 Å². The van der Waals surface area contributed by atoms with Crippen LogP contribution in [0.25, 0.3) is 0 Å². The molecule has 0 atom stereocenters. The van der Waals surface area contributed by atoms with E-state index >= 15 is 0 Å². The van der Waals surface area contributed by atoms with E-state index < -0.39 is 0 Å². The van der Waals surface area contributed by atoms with E-state index in [0.717, 1.165) is 23.8 Å². The molecule has 1 saturated heterocycles. The average molecular weight is 370 g/mol. The molecule has 110 valence electrons. The van der Waals surface area contributed by atoms with E-state index in [2.05, 4.69) is 20.8 Å².